The summed E-state index contributed by atoms with van der Waals surface area (Å²) in [4.78, 5) is 22.5. The van der Waals surface area contributed by atoms with E-state index in [1.807, 2.05) is 0 Å². The number of aliphatic hydroxyl groups is 1. The van der Waals surface area contributed by atoms with Crippen LogP contribution in [0.15, 0.2) is 11.0 Å². The van der Waals surface area contributed by atoms with E-state index in [1.165, 1.54) is 4.31 Å². The summed E-state index contributed by atoms with van der Waals surface area (Å²) in [6, 6.07) is -0.406. The number of hydrogen-bond donors (Lipinski definition) is 2. The molecule has 2 N–H and O–H groups in total. The Morgan fingerprint density at radius 1 is 1.33 bits per heavy atom. The molecule has 10 heteroatoms. The maximum Gasteiger partial charge on any atom is 0.268 e. The van der Waals surface area contributed by atoms with Crippen LogP contribution >= 0.6 is 0 Å². The number of piperidine rings is 1. The molecule has 1 saturated carbocycles. The monoisotopic (exact) mass is 473 g/mol. The lowest BCUT2D eigenvalue weighted by molar-refractivity contribution is 0.0266. The number of hydrogen-bond acceptors (Lipinski definition) is 7. The van der Waals surface area contributed by atoms with Crippen molar-refractivity contribution < 1.29 is 13.5 Å². The van der Waals surface area contributed by atoms with Crippen molar-refractivity contribution in [2.24, 2.45) is 0 Å². The van der Waals surface area contributed by atoms with Crippen LogP contribution in [0.3, 0.4) is 0 Å². The molecular formula is C23H31N5O4S. The van der Waals surface area contributed by atoms with E-state index in [2.05, 4.69) is 21.2 Å². The molecule has 1 aliphatic heterocycles. The number of aromatic nitrogens is 3. The number of anilines is 1. The minimum Gasteiger partial charge on any atom is -0.388 e. The maximum atomic E-state index is 13.3. The molecule has 4 rings (SSSR count). The van der Waals surface area contributed by atoms with Crippen molar-refractivity contribution in [3.8, 4) is 12.3 Å². The van der Waals surface area contributed by atoms with Crippen molar-refractivity contribution in [2.45, 2.75) is 70.6 Å². The zero-order chi connectivity index (χ0) is 24.0. The molecular weight excluding hydrogens is 442 g/mol. The lowest BCUT2D eigenvalue weighted by atomic mass is 9.98. The molecule has 0 unspecified atom stereocenters. The van der Waals surface area contributed by atoms with E-state index in [1.54, 1.807) is 31.5 Å². The first-order valence-corrected chi connectivity index (χ1v) is 13.0. The Hall–Kier alpha value is -2.48. The van der Waals surface area contributed by atoms with Gasteiger partial charge >= 0.3 is 0 Å². The van der Waals surface area contributed by atoms with Gasteiger partial charge in [0.25, 0.3) is 5.56 Å². The van der Waals surface area contributed by atoms with Crippen LogP contribution in [-0.2, 0) is 10.0 Å². The predicted octanol–water partition coefficient (Wildman–Crippen LogP) is 1.78. The van der Waals surface area contributed by atoms with Gasteiger partial charge in [0.15, 0.2) is 0 Å². The number of sulfonamides is 1. The Balaban J connectivity index is 1.70. The van der Waals surface area contributed by atoms with Crippen molar-refractivity contribution in [2.75, 3.05) is 24.2 Å². The van der Waals surface area contributed by atoms with Crippen LogP contribution in [0.4, 0.5) is 5.95 Å². The molecule has 1 saturated heterocycles. The zero-order valence-corrected chi connectivity index (χ0v) is 20.2. The van der Waals surface area contributed by atoms with Gasteiger partial charge in [0.05, 0.1) is 23.0 Å². The van der Waals surface area contributed by atoms with Crippen molar-refractivity contribution >= 4 is 27.0 Å². The normalized spacial score (nSPS) is 24.8. The molecule has 0 radical (unpaired) electrons. The topological polar surface area (TPSA) is 117 Å². The Morgan fingerprint density at radius 2 is 2.03 bits per heavy atom. The second-order valence-electron chi connectivity index (χ2n) is 9.23. The molecule has 2 atom stereocenters. The zero-order valence-electron chi connectivity index (χ0n) is 19.3. The van der Waals surface area contributed by atoms with E-state index in [-0.39, 0.29) is 22.9 Å². The molecule has 178 valence electrons. The molecule has 9 nitrogen and oxygen atoms in total. The summed E-state index contributed by atoms with van der Waals surface area (Å²) in [5.74, 6) is 2.98. The van der Waals surface area contributed by atoms with Gasteiger partial charge in [-0.15, -0.1) is 6.42 Å². The molecule has 2 aromatic heterocycles. The summed E-state index contributed by atoms with van der Waals surface area (Å²) in [7, 11) is -3.19. The average Bonchev–Trinajstić information content (AvgIpc) is 3.13. The van der Waals surface area contributed by atoms with Crippen LogP contribution in [-0.4, -0.2) is 62.8 Å². The maximum absolute atomic E-state index is 13.3. The van der Waals surface area contributed by atoms with E-state index in [0.717, 1.165) is 6.42 Å². The van der Waals surface area contributed by atoms with Crippen molar-refractivity contribution in [3.05, 3.63) is 27.7 Å². The number of terminal acetylenes is 1. The summed E-state index contributed by atoms with van der Waals surface area (Å²) in [6.45, 7) is 6.08. The lowest BCUT2D eigenvalue weighted by Gasteiger charge is -2.31. The molecule has 2 aliphatic rings. The molecule has 0 aromatic carbocycles. The fourth-order valence-corrected chi connectivity index (χ4v) is 6.18. The van der Waals surface area contributed by atoms with Gasteiger partial charge in [0.2, 0.25) is 16.0 Å². The number of pyridine rings is 1. The molecule has 2 aromatic rings. The van der Waals surface area contributed by atoms with Crippen molar-refractivity contribution in [1.29, 1.82) is 0 Å². The summed E-state index contributed by atoms with van der Waals surface area (Å²) in [5.41, 5.74) is 0.00760. The highest BCUT2D eigenvalue weighted by atomic mass is 32.2. The largest absolute Gasteiger partial charge is 0.388 e. The minimum absolute atomic E-state index is 0.0200. The Kier molecular flexibility index (Phi) is 6.24. The summed E-state index contributed by atoms with van der Waals surface area (Å²) < 4.78 is 27.3. The van der Waals surface area contributed by atoms with Crippen LogP contribution in [0.2, 0.25) is 0 Å². The third-order valence-corrected chi connectivity index (χ3v) is 8.97. The van der Waals surface area contributed by atoms with Gasteiger partial charge in [0, 0.05) is 30.7 Å². The van der Waals surface area contributed by atoms with Crippen LogP contribution in [0, 0.1) is 19.3 Å². The molecule has 3 heterocycles. The highest BCUT2D eigenvalue weighted by Gasteiger charge is 2.40. The fourth-order valence-electron chi connectivity index (χ4n) is 5.04. The summed E-state index contributed by atoms with van der Waals surface area (Å²) >= 11 is 0. The Labute approximate surface area is 194 Å². The highest BCUT2D eigenvalue weighted by molar-refractivity contribution is 7.89. The minimum atomic E-state index is -3.19. The summed E-state index contributed by atoms with van der Waals surface area (Å²) in [6.07, 6.45) is 10.7. The predicted molar refractivity (Wildman–Crippen MR) is 128 cm³/mol. The third kappa shape index (κ3) is 4.25. The van der Waals surface area contributed by atoms with Gasteiger partial charge in [-0.05, 0) is 58.4 Å². The number of aryl methyl sites for hydroxylation is 1. The second-order valence-corrected chi connectivity index (χ2v) is 11.5. The van der Waals surface area contributed by atoms with E-state index >= 15 is 0 Å². The molecule has 0 spiro atoms. The van der Waals surface area contributed by atoms with Gasteiger partial charge in [0.1, 0.15) is 5.65 Å². The van der Waals surface area contributed by atoms with Gasteiger partial charge in [-0.25, -0.2) is 17.7 Å². The fraction of sp³-hybridized carbons (Fsp3) is 0.609. The standard InChI is InChI=1S/C23H31N5O4S/c1-5-17-15(3)18-14-24-22(25-16-9-12-27(13-10-16)33(31,32)6-2)26-20(18)28(21(17)29)19-8-7-11-23(19,4)30/h1,14,16,19,30H,6-13H2,2-4H3,(H,24,25,26)/t19-,23-/m1/s1. The van der Waals surface area contributed by atoms with Crippen molar-refractivity contribution in [3.63, 3.8) is 0 Å². The van der Waals surface area contributed by atoms with Crippen LogP contribution < -0.4 is 10.9 Å². The van der Waals surface area contributed by atoms with Crippen LogP contribution in [0.25, 0.3) is 11.0 Å². The molecule has 0 amide bonds. The SMILES string of the molecule is C#Cc1c(C)c2cnc(NC3CCN(S(=O)(=O)CC)CC3)nc2n([C@@H]2CCC[C@@]2(C)O)c1=O. The first-order chi connectivity index (χ1) is 15.6. The third-order valence-electron chi connectivity index (χ3n) is 7.09. The quantitative estimate of drug-likeness (QED) is 0.636. The average molecular weight is 474 g/mol. The smallest absolute Gasteiger partial charge is 0.268 e. The van der Waals surface area contributed by atoms with Crippen molar-refractivity contribution in [1.82, 2.24) is 18.8 Å². The number of fused-ring (bicyclic) bond motifs is 1. The van der Waals surface area contributed by atoms with Gasteiger partial charge in [-0.1, -0.05) is 5.92 Å². The Bertz CT molecular complexity index is 1270. The van der Waals surface area contributed by atoms with E-state index in [4.69, 9.17) is 6.42 Å². The number of rotatable bonds is 5. The second kappa shape index (κ2) is 8.70. The number of nitrogens with one attached hydrogen (secondary N) is 1. The van der Waals surface area contributed by atoms with Gasteiger partial charge in [-0.3, -0.25) is 9.36 Å². The summed E-state index contributed by atoms with van der Waals surface area (Å²) in [5, 5.41) is 14.9. The highest BCUT2D eigenvalue weighted by Crippen LogP contribution is 2.39. The molecule has 2 fully saturated rings. The van der Waals surface area contributed by atoms with E-state index in [0.29, 0.717) is 61.3 Å². The van der Waals surface area contributed by atoms with E-state index in [9.17, 15) is 18.3 Å². The molecule has 0 bridgehead atoms. The Morgan fingerprint density at radius 3 is 2.61 bits per heavy atom. The molecule has 33 heavy (non-hydrogen) atoms. The van der Waals surface area contributed by atoms with Crippen LogP contribution in [0.5, 0.6) is 0 Å². The first-order valence-electron chi connectivity index (χ1n) is 11.4. The number of nitrogens with zero attached hydrogens (tertiary/aromatic N) is 4. The molecule has 1 aliphatic carbocycles. The lowest BCUT2D eigenvalue weighted by Crippen LogP contribution is -2.43. The van der Waals surface area contributed by atoms with Gasteiger partial charge < -0.3 is 10.4 Å². The van der Waals surface area contributed by atoms with Gasteiger partial charge in [-0.2, -0.15) is 4.98 Å². The first kappa shape index (κ1) is 23.7. The van der Waals surface area contributed by atoms with E-state index < -0.39 is 21.7 Å². The van der Waals surface area contributed by atoms with Crippen LogP contribution in [0.1, 0.15) is 63.1 Å².